The fourth-order valence-electron chi connectivity index (χ4n) is 1.34. The zero-order valence-corrected chi connectivity index (χ0v) is 11.4. The summed E-state index contributed by atoms with van der Waals surface area (Å²) in [6.45, 7) is 1.13. The van der Waals surface area contributed by atoms with Crippen LogP contribution in [-0.4, -0.2) is 4.98 Å². The van der Waals surface area contributed by atoms with E-state index in [-0.39, 0.29) is 0 Å². The van der Waals surface area contributed by atoms with Gasteiger partial charge in [0, 0.05) is 10.7 Å². The minimum absolute atomic E-state index is 0.547. The summed E-state index contributed by atoms with van der Waals surface area (Å²) in [5.41, 5.74) is 3.65. The van der Waals surface area contributed by atoms with Gasteiger partial charge in [-0.2, -0.15) is 0 Å². The molecule has 90 valence electrons. The van der Waals surface area contributed by atoms with E-state index in [1.807, 2.05) is 24.3 Å². The Bertz CT molecular complexity index is 489. The average Bonchev–Trinajstić information content (AvgIpc) is 2.77. The van der Waals surface area contributed by atoms with Crippen molar-refractivity contribution in [3.63, 3.8) is 0 Å². The third-order valence-electron chi connectivity index (χ3n) is 2.08. The number of benzene rings is 1. The van der Waals surface area contributed by atoms with E-state index in [2.05, 4.69) is 26.3 Å². The molecule has 0 radical (unpaired) electrons. The monoisotopic (exact) mass is 313 g/mol. The minimum Gasteiger partial charge on any atom is -0.371 e. The number of rotatable bonds is 5. The molecular formula is C11H12BrN3OS. The van der Waals surface area contributed by atoms with Gasteiger partial charge in [-0.05, 0) is 17.7 Å². The zero-order valence-electron chi connectivity index (χ0n) is 9.02. The second-order valence-electron chi connectivity index (χ2n) is 3.40. The molecule has 2 rings (SSSR count). The maximum absolute atomic E-state index is 5.60. The number of nitrogens with one attached hydrogen (secondary N) is 1. The third-order valence-corrected chi connectivity index (χ3v) is 3.47. The first kappa shape index (κ1) is 12.5. The second kappa shape index (κ2) is 6.11. The molecule has 0 saturated heterocycles. The van der Waals surface area contributed by atoms with Crippen molar-refractivity contribution < 1.29 is 4.74 Å². The molecule has 0 spiro atoms. The van der Waals surface area contributed by atoms with E-state index >= 15 is 0 Å². The predicted octanol–water partition coefficient (Wildman–Crippen LogP) is 2.91. The van der Waals surface area contributed by atoms with E-state index in [9.17, 15) is 0 Å². The molecule has 0 amide bonds. The highest BCUT2D eigenvalue weighted by Gasteiger charge is 2.01. The van der Waals surface area contributed by atoms with Gasteiger partial charge in [0.25, 0.3) is 0 Å². The summed E-state index contributed by atoms with van der Waals surface area (Å²) in [6, 6.07) is 8.06. The molecule has 0 aliphatic carbocycles. The molecule has 1 heterocycles. The van der Waals surface area contributed by atoms with Gasteiger partial charge >= 0.3 is 0 Å². The number of aromatic nitrogens is 1. The number of ether oxygens (including phenoxy) is 1. The third kappa shape index (κ3) is 3.78. The van der Waals surface area contributed by atoms with Crippen LogP contribution in [0.25, 0.3) is 0 Å². The summed E-state index contributed by atoms with van der Waals surface area (Å²) >= 11 is 4.92. The number of thiazole rings is 1. The van der Waals surface area contributed by atoms with Gasteiger partial charge in [0.15, 0.2) is 5.13 Å². The maximum atomic E-state index is 5.60. The summed E-state index contributed by atoms with van der Waals surface area (Å²) in [5, 5.41) is 0.700. The van der Waals surface area contributed by atoms with Crippen LogP contribution in [0.15, 0.2) is 34.9 Å². The Hall–Kier alpha value is -0.950. The molecule has 3 N–H and O–H groups in total. The number of nitrogens with two attached hydrogens (primary N) is 1. The lowest BCUT2D eigenvalue weighted by atomic mass is 10.2. The molecule has 0 aliphatic heterocycles. The molecule has 1 aromatic carbocycles. The second-order valence-corrected chi connectivity index (χ2v) is 5.43. The van der Waals surface area contributed by atoms with Crippen LogP contribution >= 0.6 is 27.3 Å². The number of anilines is 1. The summed E-state index contributed by atoms with van der Waals surface area (Å²) in [7, 11) is 0. The van der Waals surface area contributed by atoms with Crippen LogP contribution in [0.1, 0.15) is 10.4 Å². The molecule has 17 heavy (non-hydrogen) atoms. The first-order valence-electron chi connectivity index (χ1n) is 5.01. The largest absolute Gasteiger partial charge is 0.371 e. The Labute approximate surface area is 112 Å². The van der Waals surface area contributed by atoms with Crippen molar-refractivity contribution in [2.75, 3.05) is 5.43 Å². The number of halogens is 1. The fourth-order valence-corrected chi connectivity index (χ4v) is 2.44. The summed E-state index contributed by atoms with van der Waals surface area (Å²) in [4.78, 5) is 5.12. The normalized spacial score (nSPS) is 10.5. The maximum Gasteiger partial charge on any atom is 0.197 e. The van der Waals surface area contributed by atoms with E-state index in [4.69, 9.17) is 10.6 Å². The van der Waals surface area contributed by atoms with Gasteiger partial charge in [0.05, 0.1) is 18.1 Å². The van der Waals surface area contributed by atoms with Gasteiger partial charge in [-0.15, -0.1) is 0 Å². The lowest BCUT2D eigenvalue weighted by molar-refractivity contribution is 0.109. The zero-order chi connectivity index (χ0) is 12.1. The Kier molecular flexibility index (Phi) is 4.49. The Morgan fingerprint density at radius 1 is 1.41 bits per heavy atom. The molecule has 0 saturated carbocycles. The van der Waals surface area contributed by atoms with Crippen LogP contribution < -0.4 is 11.3 Å². The van der Waals surface area contributed by atoms with Crippen molar-refractivity contribution in [2.24, 2.45) is 5.84 Å². The van der Waals surface area contributed by atoms with E-state index in [1.165, 1.54) is 11.3 Å². The molecule has 0 unspecified atom stereocenters. The molecule has 0 aliphatic rings. The van der Waals surface area contributed by atoms with Crippen LogP contribution in [0.2, 0.25) is 0 Å². The molecule has 1 aromatic heterocycles. The summed E-state index contributed by atoms with van der Waals surface area (Å²) in [5.74, 6) is 5.25. The van der Waals surface area contributed by atoms with Gasteiger partial charge in [-0.3, -0.25) is 5.43 Å². The van der Waals surface area contributed by atoms with Crippen molar-refractivity contribution in [2.45, 2.75) is 13.2 Å². The number of hydrazine groups is 1. The van der Waals surface area contributed by atoms with Gasteiger partial charge in [0.2, 0.25) is 0 Å². The van der Waals surface area contributed by atoms with E-state index < -0.39 is 0 Å². The lowest BCUT2D eigenvalue weighted by Crippen LogP contribution is -2.05. The number of hydrogen-bond donors (Lipinski definition) is 2. The Balaban J connectivity index is 1.83. The highest BCUT2D eigenvalue weighted by molar-refractivity contribution is 9.10. The van der Waals surface area contributed by atoms with E-state index in [0.29, 0.717) is 18.3 Å². The molecule has 0 bridgehead atoms. The van der Waals surface area contributed by atoms with Crippen molar-refractivity contribution in [3.8, 4) is 0 Å². The fraction of sp³-hybridized carbons (Fsp3) is 0.182. The standard InChI is InChI=1S/C11H12BrN3OS/c12-9-3-1-2-8(4-9)6-16-7-10-5-14-11(15-13)17-10/h1-5H,6-7,13H2,(H,14,15). The van der Waals surface area contributed by atoms with Gasteiger partial charge in [0.1, 0.15) is 0 Å². The van der Waals surface area contributed by atoms with Crippen molar-refractivity contribution in [3.05, 3.63) is 45.4 Å². The molecule has 6 heteroatoms. The van der Waals surface area contributed by atoms with Crippen LogP contribution in [0.4, 0.5) is 5.13 Å². The molecule has 0 atom stereocenters. The van der Waals surface area contributed by atoms with Gasteiger partial charge < -0.3 is 4.74 Å². The molecule has 2 aromatic rings. The van der Waals surface area contributed by atoms with Crippen LogP contribution in [0.3, 0.4) is 0 Å². The van der Waals surface area contributed by atoms with Crippen LogP contribution in [0, 0.1) is 0 Å². The first-order valence-corrected chi connectivity index (χ1v) is 6.62. The Morgan fingerprint density at radius 2 is 2.29 bits per heavy atom. The highest BCUT2D eigenvalue weighted by Crippen LogP contribution is 2.18. The van der Waals surface area contributed by atoms with Gasteiger partial charge in [-0.1, -0.05) is 39.4 Å². The topological polar surface area (TPSA) is 60.2 Å². The average molecular weight is 314 g/mol. The van der Waals surface area contributed by atoms with Crippen molar-refractivity contribution in [1.29, 1.82) is 0 Å². The Morgan fingerprint density at radius 3 is 3.00 bits per heavy atom. The summed E-state index contributed by atoms with van der Waals surface area (Å²) in [6.07, 6.45) is 1.76. The quantitative estimate of drug-likeness (QED) is 0.658. The minimum atomic E-state index is 0.547. The lowest BCUT2D eigenvalue weighted by Gasteiger charge is -2.02. The van der Waals surface area contributed by atoms with E-state index in [1.54, 1.807) is 6.20 Å². The number of nitrogens with zero attached hydrogens (tertiary/aromatic N) is 1. The molecule has 4 nitrogen and oxygen atoms in total. The molecular weight excluding hydrogens is 302 g/mol. The van der Waals surface area contributed by atoms with E-state index in [0.717, 1.165) is 14.9 Å². The first-order chi connectivity index (χ1) is 8.28. The van der Waals surface area contributed by atoms with Gasteiger partial charge in [-0.25, -0.2) is 10.8 Å². The SMILES string of the molecule is NNc1ncc(COCc2cccc(Br)c2)s1. The number of hydrogen-bond acceptors (Lipinski definition) is 5. The van der Waals surface area contributed by atoms with Crippen LogP contribution in [0.5, 0.6) is 0 Å². The number of nitrogen functional groups attached to an aromatic ring is 1. The smallest absolute Gasteiger partial charge is 0.197 e. The summed E-state index contributed by atoms with van der Waals surface area (Å²) < 4.78 is 6.66. The van der Waals surface area contributed by atoms with Crippen molar-refractivity contribution in [1.82, 2.24) is 4.98 Å². The highest BCUT2D eigenvalue weighted by atomic mass is 79.9. The van der Waals surface area contributed by atoms with Crippen molar-refractivity contribution >= 4 is 32.4 Å². The predicted molar refractivity (Wildman–Crippen MR) is 72.6 cm³/mol. The van der Waals surface area contributed by atoms with Crippen LogP contribution in [-0.2, 0) is 18.0 Å². The molecule has 0 fully saturated rings.